The van der Waals surface area contributed by atoms with Crippen LogP contribution in [0, 0.1) is 5.92 Å². The summed E-state index contributed by atoms with van der Waals surface area (Å²) in [7, 11) is 2.11. The zero-order chi connectivity index (χ0) is 15.1. The molecule has 1 heterocycles. The van der Waals surface area contributed by atoms with Crippen LogP contribution >= 0.6 is 0 Å². The first-order chi connectivity index (χ1) is 10.3. The summed E-state index contributed by atoms with van der Waals surface area (Å²) in [6.07, 6.45) is 7.61. The van der Waals surface area contributed by atoms with Crippen LogP contribution in [0.25, 0.3) is 0 Å². The molecule has 2 heteroatoms. The fraction of sp³-hybridized carbons (Fsp3) is 0.684. The van der Waals surface area contributed by atoms with Crippen molar-refractivity contribution in [2.24, 2.45) is 5.92 Å². The maximum Gasteiger partial charge on any atom is 0.0842 e. The molecule has 1 N–H and O–H groups in total. The Hall–Kier alpha value is -0.860. The Morgan fingerprint density at radius 3 is 2.81 bits per heavy atom. The van der Waals surface area contributed by atoms with E-state index in [-0.39, 0.29) is 6.10 Å². The van der Waals surface area contributed by atoms with Crippen LogP contribution in [0.5, 0.6) is 0 Å². The summed E-state index contributed by atoms with van der Waals surface area (Å²) < 4.78 is 6.10. The van der Waals surface area contributed by atoms with Crippen LogP contribution in [0.1, 0.15) is 63.2 Å². The Balaban J connectivity index is 2.05. The van der Waals surface area contributed by atoms with Crippen LogP contribution in [-0.2, 0) is 11.2 Å². The normalized spacial score (nSPS) is 20.8. The van der Waals surface area contributed by atoms with Crippen LogP contribution in [-0.4, -0.2) is 19.7 Å². The molecule has 1 aliphatic rings. The van der Waals surface area contributed by atoms with Crippen molar-refractivity contribution in [3.05, 3.63) is 35.4 Å². The lowest BCUT2D eigenvalue weighted by molar-refractivity contribution is 0.0243. The average Bonchev–Trinajstić information content (AvgIpc) is 2.54. The SMILES string of the molecule is CCCCC(CC)C(CC1OCCc2ccccc21)NC. The molecule has 2 nitrogen and oxygen atoms in total. The lowest BCUT2D eigenvalue weighted by atomic mass is 9.85. The van der Waals surface area contributed by atoms with E-state index in [2.05, 4.69) is 50.5 Å². The van der Waals surface area contributed by atoms with Gasteiger partial charge in [-0.1, -0.05) is 57.4 Å². The molecule has 0 aromatic heterocycles. The molecule has 3 atom stereocenters. The van der Waals surface area contributed by atoms with Gasteiger partial charge in [-0.25, -0.2) is 0 Å². The van der Waals surface area contributed by atoms with Crippen molar-refractivity contribution >= 4 is 0 Å². The first-order valence-corrected chi connectivity index (χ1v) is 8.66. The van der Waals surface area contributed by atoms with Gasteiger partial charge in [0.1, 0.15) is 0 Å². The molecule has 0 fully saturated rings. The number of fused-ring (bicyclic) bond motifs is 1. The molecule has 0 bridgehead atoms. The Labute approximate surface area is 130 Å². The summed E-state index contributed by atoms with van der Waals surface area (Å²) in [6.45, 7) is 5.46. The number of rotatable bonds is 8. The number of nitrogens with one attached hydrogen (secondary N) is 1. The molecule has 0 aliphatic carbocycles. The van der Waals surface area contributed by atoms with Crippen LogP contribution in [0.3, 0.4) is 0 Å². The predicted molar refractivity (Wildman–Crippen MR) is 89.6 cm³/mol. The highest BCUT2D eigenvalue weighted by atomic mass is 16.5. The monoisotopic (exact) mass is 289 g/mol. The third-order valence-corrected chi connectivity index (χ3v) is 4.95. The fourth-order valence-electron chi connectivity index (χ4n) is 3.60. The molecule has 1 aromatic carbocycles. The van der Waals surface area contributed by atoms with Gasteiger partial charge >= 0.3 is 0 Å². The van der Waals surface area contributed by atoms with Crippen molar-refractivity contribution < 1.29 is 4.74 Å². The third-order valence-electron chi connectivity index (χ3n) is 4.95. The number of hydrogen-bond donors (Lipinski definition) is 1. The fourth-order valence-corrected chi connectivity index (χ4v) is 3.60. The molecular formula is C19H31NO. The van der Waals surface area contributed by atoms with Gasteiger partial charge in [-0.3, -0.25) is 0 Å². The van der Waals surface area contributed by atoms with Crippen LogP contribution < -0.4 is 5.32 Å². The van der Waals surface area contributed by atoms with Crippen LogP contribution in [0.2, 0.25) is 0 Å². The number of unbranched alkanes of at least 4 members (excludes halogenated alkanes) is 1. The topological polar surface area (TPSA) is 21.3 Å². The van der Waals surface area contributed by atoms with Gasteiger partial charge in [-0.15, -0.1) is 0 Å². The quantitative estimate of drug-likeness (QED) is 0.761. The second-order valence-corrected chi connectivity index (χ2v) is 6.25. The minimum Gasteiger partial charge on any atom is -0.373 e. The Bertz CT molecular complexity index is 418. The summed E-state index contributed by atoms with van der Waals surface area (Å²) in [6, 6.07) is 9.35. The molecule has 3 unspecified atom stereocenters. The summed E-state index contributed by atoms with van der Waals surface area (Å²) in [5.41, 5.74) is 2.89. The van der Waals surface area contributed by atoms with Crippen molar-refractivity contribution in [1.82, 2.24) is 5.32 Å². The Morgan fingerprint density at radius 2 is 2.10 bits per heavy atom. The van der Waals surface area contributed by atoms with Crippen LogP contribution in [0.15, 0.2) is 24.3 Å². The maximum atomic E-state index is 6.10. The summed E-state index contributed by atoms with van der Waals surface area (Å²) in [4.78, 5) is 0. The van der Waals surface area contributed by atoms with Gasteiger partial charge in [-0.05, 0) is 43.4 Å². The Morgan fingerprint density at radius 1 is 1.29 bits per heavy atom. The van der Waals surface area contributed by atoms with Gasteiger partial charge in [0.15, 0.2) is 0 Å². The molecular weight excluding hydrogens is 258 g/mol. The van der Waals surface area contributed by atoms with Gasteiger partial charge in [-0.2, -0.15) is 0 Å². The van der Waals surface area contributed by atoms with Crippen molar-refractivity contribution in [2.45, 2.75) is 64.5 Å². The van der Waals surface area contributed by atoms with Gasteiger partial charge in [0, 0.05) is 6.04 Å². The van der Waals surface area contributed by atoms with E-state index in [0.717, 1.165) is 25.4 Å². The molecule has 0 saturated heterocycles. The van der Waals surface area contributed by atoms with E-state index >= 15 is 0 Å². The average molecular weight is 289 g/mol. The Kier molecular flexibility index (Phi) is 6.72. The van der Waals surface area contributed by atoms with Crippen molar-refractivity contribution in [3.63, 3.8) is 0 Å². The lowest BCUT2D eigenvalue weighted by Gasteiger charge is -2.33. The molecule has 1 aromatic rings. The number of ether oxygens (including phenoxy) is 1. The smallest absolute Gasteiger partial charge is 0.0842 e. The van der Waals surface area contributed by atoms with Crippen LogP contribution in [0.4, 0.5) is 0 Å². The van der Waals surface area contributed by atoms with Gasteiger partial charge < -0.3 is 10.1 Å². The lowest BCUT2D eigenvalue weighted by Crippen LogP contribution is -2.36. The van der Waals surface area contributed by atoms with Crippen molar-refractivity contribution in [1.29, 1.82) is 0 Å². The highest BCUT2D eigenvalue weighted by molar-refractivity contribution is 5.31. The van der Waals surface area contributed by atoms with E-state index < -0.39 is 0 Å². The van der Waals surface area contributed by atoms with E-state index in [1.807, 2.05) is 0 Å². The van der Waals surface area contributed by atoms with E-state index in [9.17, 15) is 0 Å². The third kappa shape index (κ3) is 4.31. The van der Waals surface area contributed by atoms with Crippen molar-refractivity contribution in [3.8, 4) is 0 Å². The molecule has 0 spiro atoms. The van der Waals surface area contributed by atoms with Crippen molar-refractivity contribution in [2.75, 3.05) is 13.7 Å². The molecule has 0 radical (unpaired) electrons. The molecule has 1 aliphatic heterocycles. The second-order valence-electron chi connectivity index (χ2n) is 6.25. The molecule has 2 rings (SSSR count). The van der Waals surface area contributed by atoms with Gasteiger partial charge in [0.2, 0.25) is 0 Å². The zero-order valence-electron chi connectivity index (χ0n) is 13.9. The number of hydrogen-bond acceptors (Lipinski definition) is 2. The highest BCUT2D eigenvalue weighted by Gasteiger charge is 2.26. The van der Waals surface area contributed by atoms with Gasteiger partial charge in [0.05, 0.1) is 12.7 Å². The van der Waals surface area contributed by atoms with E-state index in [0.29, 0.717) is 6.04 Å². The highest BCUT2D eigenvalue weighted by Crippen LogP contribution is 2.33. The minimum atomic E-state index is 0.267. The molecule has 0 amide bonds. The summed E-state index contributed by atoms with van der Waals surface area (Å²) in [5.74, 6) is 0.757. The standard InChI is InChI=1S/C19H31NO/c1-4-6-9-15(5-2)18(20-3)14-19-17-11-8-7-10-16(17)12-13-21-19/h7-8,10-11,15,18-20H,4-6,9,12-14H2,1-3H3. The molecule has 0 saturated carbocycles. The van der Waals surface area contributed by atoms with E-state index in [1.54, 1.807) is 0 Å². The van der Waals surface area contributed by atoms with Gasteiger partial charge in [0.25, 0.3) is 0 Å². The number of benzene rings is 1. The molecule has 118 valence electrons. The first-order valence-electron chi connectivity index (χ1n) is 8.66. The molecule has 21 heavy (non-hydrogen) atoms. The van der Waals surface area contributed by atoms with E-state index in [1.165, 1.54) is 36.8 Å². The first kappa shape index (κ1) is 16.5. The summed E-state index contributed by atoms with van der Waals surface area (Å²) >= 11 is 0. The maximum absolute atomic E-state index is 6.10. The zero-order valence-corrected chi connectivity index (χ0v) is 13.9. The summed E-state index contributed by atoms with van der Waals surface area (Å²) in [5, 5.41) is 3.56. The van der Waals surface area contributed by atoms with E-state index in [4.69, 9.17) is 4.74 Å². The largest absolute Gasteiger partial charge is 0.373 e. The minimum absolute atomic E-state index is 0.267. The second kappa shape index (κ2) is 8.55. The predicted octanol–water partition coefficient (Wildman–Crippen LogP) is 4.49.